The fourth-order valence-electron chi connectivity index (χ4n) is 2.56. The molecule has 1 heterocycles. The average molecular weight is 275 g/mol. The topological polar surface area (TPSA) is 29.5 Å². The molecular weight excluding hydrogens is 260 g/mol. The molecule has 98 valence electrons. The van der Waals surface area contributed by atoms with Crippen LogP contribution in [0.4, 0.5) is 0 Å². The summed E-state index contributed by atoms with van der Waals surface area (Å²) in [6.07, 6.45) is 0. The molecule has 0 fully saturated rings. The molecule has 2 aromatic rings. The molecular formula is C16H15ClO2. The Kier molecular flexibility index (Phi) is 2.55. The third-order valence-corrected chi connectivity index (χ3v) is 3.83. The van der Waals surface area contributed by atoms with Gasteiger partial charge in [-0.25, -0.2) is 0 Å². The van der Waals surface area contributed by atoms with Crippen molar-refractivity contribution in [1.29, 1.82) is 0 Å². The van der Waals surface area contributed by atoms with E-state index in [1.807, 2.05) is 13.8 Å². The Bertz CT molecular complexity index is 675. The van der Waals surface area contributed by atoms with Crippen LogP contribution in [-0.4, -0.2) is 5.11 Å². The zero-order chi connectivity index (χ0) is 13.8. The molecule has 1 N–H and O–H groups in total. The lowest BCUT2D eigenvalue weighted by atomic mass is 9.85. The van der Waals surface area contributed by atoms with Crippen molar-refractivity contribution in [3.05, 3.63) is 46.5 Å². The van der Waals surface area contributed by atoms with Gasteiger partial charge in [-0.3, -0.25) is 0 Å². The maximum atomic E-state index is 9.73. The van der Waals surface area contributed by atoms with Gasteiger partial charge in [0.05, 0.1) is 5.02 Å². The molecule has 0 spiro atoms. The van der Waals surface area contributed by atoms with E-state index >= 15 is 0 Å². The van der Waals surface area contributed by atoms with E-state index in [0.717, 1.165) is 16.7 Å². The molecule has 2 nitrogen and oxygen atoms in total. The highest BCUT2D eigenvalue weighted by Gasteiger charge is 2.33. The van der Waals surface area contributed by atoms with Gasteiger partial charge in [-0.1, -0.05) is 35.4 Å². The number of halogens is 1. The van der Waals surface area contributed by atoms with E-state index in [1.54, 1.807) is 12.1 Å². The molecule has 0 aliphatic carbocycles. The van der Waals surface area contributed by atoms with Gasteiger partial charge in [0, 0.05) is 17.2 Å². The molecule has 3 rings (SSSR count). The molecule has 1 aliphatic heterocycles. The number of ether oxygens (including phenoxy) is 1. The van der Waals surface area contributed by atoms with Crippen LogP contribution in [0.15, 0.2) is 30.3 Å². The van der Waals surface area contributed by atoms with E-state index < -0.39 is 5.60 Å². The van der Waals surface area contributed by atoms with Crippen LogP contribution in [-0.2, 0) is 5.60 Å². The summed E-state index contributed by atoms with van der Waals surface area (Å²) in [5.74, 6) is 0.718. The van der Waals surface area contributed by atoms with Crippen LogP contribution in [0.2, 0.25) is 5.02 Å². The standard InChI is InChI=1S/C16H15ClO2/c1-9-4-5-10-11-7-13(17)14(18)8-15(11)19-16(2,3)12(10)6-9/h4-8,18H,1-3H3. The molecule has 0 radical (unpaired) electrons. The molecule has 0 atom stereocenters. The second kappa shape index (κ2) is 3.91. The molecule has 0 saturated carbocycles. The van der Waals surface area contributed by atoms with Crippen molar-refractivity contribution in [3.63, 3.8) is 0 Å². The Morgan fingerprint density at radius 2 is 1.84 bits per heavy atom. The first-order chi connectivity index (χ1) is 8.88. The summed E-state index contributed by atoms with van der Waals surface area (Å²) < 4.78 is 6.02. The first-order valence-corrected chi connectivity index (χ1v) is 6.59. The van der Waals surface area contributed by atoms with Gasteiger partial charge in [-0.05, 0) is 32.4 Å². The number of aryl methyl sites for hydroxylation is 1. The quantitative estimate of drug-likeness (QED) is 0.758. The van der Waals surface area contributed by atoms with Crippen LogP contribution in [0.3, 0.4) is 0 Å². The fourth-order valence-corrected chi connectivity index (χ4v) is 2.72. The minimum absolute atomic E-state index is 0.0479. The lowest BCUT2D eigenvalue weighted by Crippen LogP contribution is -2.29. The molecule has 0 saturated heterocycles. The Morgan fingerprint density at radius 1 is 1.11 bits per heavy atom. The zero-order valence-electron chi connectivity index (χ0n) is 11.1. The van der Waals surface area contributed by atoms with Crippen LogP contribution in [0.25, 0.3) is 11.1 Å². The maximum Gasteiger partial charge on any atom is 0.137 e. The van der Waals surface area contributed by atoms with Crippen LogP contribution >= 0.6 is 11.6 Å². The van der Waals surface area contributed by atoms with Crippen molar-refractivity contribution >= 4 is 11.6 Å². The summed E-state index contributed by atoms with van der Waals surface area (Å²) in [4.78, 5) is 0. The number of hydrogen-bond donors (Lipinski definition) is 1. The summed E-state index contributed by atoms with van der Waals surface area (Å²) >= 11 is 6.01. The van der Waals surface area contributed by atoms with E-state index in [0.29, 0.717) is 10.8 Å². The normalized spacial score (nSPS) is 15.4. The maximum absolute atomic E-state index is 9.73. The smallest absolute Gasteiger partial charge is 0.137 e. The van der Waals surface area contributed by atoms with E-state index in [9.17, 15) is 5.11 Å². The number of phenols is 1. The van der Waals surface area contributed by atoms with Gasteiger partial charge in [-0.15, -0.1) is 0 Å². The van der Waals surface area contributed by atoms with Gasteiger partial charge < -0.3 is 9.84 Å². The minimum Gasteiger partial charge on any atom is -0.506 e. The van der Waals surface area contributed by atoms with E-state index in [-0.39, 0.29) is 5.75 Å². The summed E-state index contributed by atoms with van der Waals surface area (Å²) in [5.41, 5.74) is 3.95. The van der Waals surface area contributed by atoms with Gasteiger partial charge in [-0.2, -0.15) is 0 Å². The van der Waals surface area contributed by atoms with Gasteiger partial charge in [0.15, 0.2) is 0 Å². The third kappa shape index (κ3) is 1.87. The minimum atomic E-state index is -0.422. The highest BCUT2D eigenvalue weighted by molar-refractivity contribution is 6.32. The number of rotatable bonds is 0. The number of benzene rings is 2. The monoisotopic (exact) mass is 274 g/mol. The number of hydrogen-bond acceptors (Lipinski definition) is 2. The average Bonchev–Trinajstić information content (AvgIpc) is 2.32. The lowest BCUT2D eigenvalue weighted by Gasteiger charge is -2.35. The molecule has 0 amide bonds. The predicted molar refractivity (Wildman–Crippen MR) is 76.9 cm³/mol. The Labute approximate surface area is 117 Å². The van der Waals surface area contributed by atoms with Gasteiger partial charge in [0.2, 0.25) is 0 Å². The van der Waals surface area contributed by atoms with Crippen LogP contribution in [0, 0.1) is 6.92 Å². The zero-order valence-corrected chi connectivity index (χ0v) is 11.9. The molecule has 0 bridgehead atoms. The molecule has 3 heteroatoms. The second-order valence-electron chi connectivity index (χ2n) is 5.46. The van der Waals surface area contributed by atoms with Gasteiger partial charge in [0.25, 0.3) is 0 Å². The number of phenolic OH excluding ortho intramolecular Hbond substituents is 1. The highest BCUT2D eigenvalue weighted by Crippen LogP contribution is 2.48. The van der Waals surface area contributed by atoms with E-state index in [1.165, 1.54) is 5.56 Å². The molecule has 19 heavy (non-hydrogen) atoms. The lowest BCUT2D eigenvalue weighted by molar-refractivity contribution is 0.105. The number of fused-ring (bicyclic) bond motifs is 3. The summed E-state index contributed by atoms with van der Waals surface area (Å²) in [5, 5.41) is 10.1. The SMILES string of the molecule is Cc1ccc2c(c1)C(C)(C)Oc1cc(O)c(Cl)cc1-2. The van der Waals surface area contributed by atoms with Crippen molar-refractivity contribution in [2.45, 2.75) is 26.4 Å². The summed E-state index contributed by atoms with van der Waals surface area (Å²) in [7, 11) is 0. The Hall–Kier alpha value is -1.67. The third-order valence-electron chi connectivity index (χ3n) is 3.53. The fraction of sp³-hybridized carbons (Fsp3) is 0.250. The van der Waals surface area contributed by atoms with Gasteiger partial charge in [0.1, 0.15) is 17.1 Å². The predicted octanol–water partition coefficient (Wildman–Crippen LogP) is 4.65. The number of aromatic hydroxyl groups is 1. The van der Waals surface area contributed by atoms with Crippen molar-refractivity contribution < 1.29 is 9.84 Å². The van der Waals surface area contributed by atoms with Crippen LogP contribution in [0.5, 0.6) is 11.5 Å². The molecule has 0 aromatic heterocycles. The first kappa shape index (κ1) is 12.4. The van der Waals surface area contributed by atoms with E-state index in [2.05, 4.69) is 25.1 Å². The Balaban J connectivity index is 2.33. The van der Waals surface area contributed by atoms with Crippen LogP contribution < -0.4 is 4.74 Å². The Morgan fingerprint density at radius 3 is 2.58 bits per heavy atom. The second-order valence-corrected chi connectivity index (χ2v) is 5.87. The summed E-state index contributed by atoms with van der Waals surface area (Å²) in [6.45, 7) is 6.12. The largest absolute Gasteiger partial charge is 0.506 e. The molecule has 2 aromatic carbocycles. The first-order valence-electron chi connectivity index (χ1n) is 6.21. The van der Waals surface area contributed by atoms with Crippen molar-refractivity contribution in [3.8, 4) is 22.6 Å². The van der Waals surface area contributed by atoms with Crippen molar-refractivity contribution in [1.82, 2.24) is 0 Å². The van der Waals surface area contributed by atoms with Crippen molar-refractivity contribution in [2.24, 2.45) is 0 Å². The molecule has 1 aliphatic rings. The summed E-state index contributed by atoms with van der Waals surface area (Å²) in [6, 6.07) is 9.64. The van der Waals surface area contributed by atoms with Crippen LogP contribution in [0.1, 0.15) is 25.0 Å². The van der Waals surface area contributed by atoms with E-state index in [4.69, 9.17) is 16.3 Å². The van der Waals surface area contributed by atoms with Gasteiger partial charge >= 0.3 is 0 Å². The molecule has 0 unspecified atom stereocenters. The van der Waals surface area contributed by atoms with Crippen molar-refractivity contribution in [2.75, 3.05) is 0 Å². The highest BCUT2D eigenvalue weighted by atomic mass is 35.5.